The van der Waals surface area contributed by atoms with E-state index in [0.29, 0.717) is 13.1 Å². The number of hydrogen-bond donors (Lipinski definition) is 2. The van der Waals surface area contributed by atoms with Crippen molar-refractivity contribution in [2.24, 2.45) is 4.99 Å². The van der Waals surface area contributed by atoms with Crippen molar-refractivity contribution in [1.82, 2.24) is 15.6 Å². The number of pyridine rings is 1. The van der Waals surface area contributed by atoms with Gasteiger partial charge >= 0.3 is 0 Å². The first kappa shape index (κ1) is 16.5. The molecule has 0 saturated carbocycles. The molecule has 2 aromatic heterocycles. The Labute approximate surface area is 135 Å². The highest BCUT2D eigenvalue weighted by molar-refractivity contribution is 14.0. The third kappa shape index (κ3) is 5.60. The van der Waals surface area contributed by atoms with Crippen LogP contribution in [-0.4, -0.2) is 17.5 Å². The Hall–Kier alpha value is -1.57. The molecule has 2 N–H and O–H groups in total. The van der Waals surface area contributed by atoms with Gasteiger partial charge in [0.2, 0.25) is 0 Å². The van der Waals surface area contributed by atoms with Crippen LogP contribution in [0.3, 0.4) is 0 Å². The van der Waals surface area contributed by atoms with Gasteiger partial charge in [-0.25, -0.2) is 4.99 Å². The first-order valence-corrected chi connectivity index (χ1v) is 6.33. The molecule has 2 heterocycles. The van der Waals surface area contributed by atoms with Gasteiger partial charge < -0.3 is 15.1 Å². The molecule has 0 spiro atoms. The fourth-order valence-electron chi connectivity index (χ4n) is 1.58. The zero-order chi connectivity index (χ0) is 13.3. The van der Waals surface area contributed by atoms with Crippen molar-refractivity contribution in [3.8, 4) is 0 Å². The lowest BCUT2D eigenvalue weighted by atomic mass is 10.3. The summed E-state index contributed by atoms with van der Waals surface area (Å²) in [6, 6.07) is 9.61. The summed E-state index contributed by atoms with van der Waals surface area (Å²) in [4.78, 5) is 8.71. The van der Waals surface area contributed by atoms with Crippen molar-refractivity contribution in [1.29, 1.82) is 0 Å². The Balaban J connectivity index is 0.00000200. The molecule has 0 aliphatic carbocycles. The maximum Gasteiger partial charge on any atom is 0.192 e. The van der Waals surface area contributed by atoms with Crippen molar-refractivity contribution >= 4 is 29.9 Å². The van der Waals surface area contributed by atoms with Crippen molar-refractivity contribution in [3.05, 3.63) is 54.2 Å². The molecule has 0 aliphatic rings. The molecule has 0 unspecified atom stereocenters. The van der Waals surface area contributed by atoms with Crippen LogP contribution in [0.1, 0.15) is 18.4 Å². The molecule has 0 amide bonds. The monoisotopic (exact) mass is 386 g/mol. The summed E-state index contributed by atoms with van der Waals surface area (Å²) < 4.78 is 5.27. The first-order chi connectivity index (χ1) is 9.38. The van der Waals surface area contributed by atoms with Crippen LogP contribution in [0.5, 0.6) is 0 Å². The standard InChI is InChI=1S/C14H18N4O.HI/c1-2-15-14(18-11-13-7-5-9-19-13)17-10-12-6-3-4-8-16-12;/h3-9H,2,10-11H2,1H3,(H2,15,17,18);1H. The van der Waals surface area contributed by atoms with E-state index in [1.54, 1.807) is 12.5 Å². The molecule has 2 aromatic rings. The summed E-state index contributed by atoms with van der Waals surface area (Å²) in [5.41, 5.74) is 0.942. The fraction of sp³-hybridized carbons (Fsp3) is 0.286. The zero-order valence-corrected chi connectivity index (χ0v) is 13.7. The summed E-state index contributed by atoms with van der Waals surface area (Å²) in [7, 11) is 0. The van der Waals surface area contributed by atoms with Crippen LogP contribution >= 0.6 is 24.0 Å². The minimum atomic E-state index is 0. The molecular weight excluding hydrogens is 367 g/mol. The van der Waals surface area contributed by atoms with Gasteiger partial charge in [-0.2, -0.15) is 0 Å². The van der Waals surface area contributed by atoms with Gasteiger partial charge in [-0.05, 0) is 31.2 Å². The van der Waals surface area contributed by atoms with Crippen LogP contribution in [0.25, 0.3) is 0 Å². The number of nitrogens with one attached hydrogen (secondary N) is 2. The minimum Gasteiger partial charge on any atom is -0.467 e. The van der Waals surface area contributed by atoms with E-state index in [1.165, 1.54) is 0 Å². The quantitative estimate of drug-likeness (QED) is 0.471. The second kappa shape index (κ2) is 9.35. The van der Waals surface area contributed by atoms with E-state index in [1.807, 2.05) is 37.3 Å². The van der Waals surface area contributed by atoms with E-state index in [4.69, 9.17) is 4.42 Å². The number of halogens is 1. The summed E-state index contributed by atoms with van der Waals surface area (Å²) in [6.45, 7) is 4.01. The molecule has 0 aliphatic heterocycles. The molecule has 0 atom stereocenters. The van der Waals surface area contributed by atoms with E-state index in [2.05, 4.69) is 20.6 Å². The molecule has 0 bridgehead atoms. The number of aliphatic imine (C=N–C) groups is 1. The highest BCUT2D eigenvalue weighted by Crippen LogP contribution is 1.99. The van der Waals surface area contributed by atoms with E-state index in [-0.39, 0.29) is 24.0 Å². The largest absolute Gasteiger partial charge is 0.467 e. The molecule has 0 radical (unpaired) electrons. The van der Waals surface area contributed by atoms with E-state index in [0.717, 1.165) is 24.0 Å². The fourth-order valence-corrected chi connectivity index (χ4v) is 1.58. The van der Waals surface area contributed by atoms with Gasteiger partial charge in [0.05, 0.1) is 25.0 Å². The lowest BCUT2D eigenvalue weighted by Gasteiger charge is -2.09. The van der Waals surface area contributed by atoms with Crippen LogP contribution in [0.15, 0.2) is 52.2 Å². The van der Waals surface area contributed by atoms with Crippen LogP contribution in [0.4, 0.5) is 0 Å². The summed E-state index contributed by atoms with van der Waals surface area (Å²) in [5, 5.41) is 6.40. The number of nitrogens with zero attached hydrogens (tertiary/aromatic N) is 2. The Morgan fingerprint density at radius 2 is 2.15 bits per heavy atom. The highest BCUT2D eigenvalue weighted by Gasteiger charge is 2.00. The van der Waals surface area contributed by atoms with Gasteiger partial charge in [-0.15, -0.1) is 24.0 Å². The number of guanidine groups is 1. The Bertz CT molecular complexity index is 499. The SMILES string of the molecule is CCNC(=NCc1ccccn1)NCc1ccco1.I. The molecule has 6 heteroatoms. The second-order valence-corrected chi connectivity index (χ2v) is 3.95. The maximum atomic E-state index is 5.27. The predicted molar refractivity (Wildman–Crippen MR) is 90.0 cm³/mol. The Morgan fingerprint density at radius 1 is 1.25 bits per heavy atom. The van der Waals surface area contributed by atoms with Gasteiger partial charge in [0.15, 0.2) is 5.96 Å². The average Bonchev–Trinajstić information content (AvgIpc) is 2.96. The Morgan fingerprint density at radius 3 is 2.80 bits per heavy atom. The molecule has 20 heavy (non-hydrogen) atoms. The predicted octanol–water partition coefficient (Wildman–Crippen LogP) is 2.55. The normalized spacial score (nSPS) is 10.8. The molecule has 5 nitrogen and oxygen atoms in total. The third-order valence-electron chi connectivity index (χ3n) is 2.48. The van der Waals surface area contributed by atoms with E-state index >= 15 is 0 Å². The number of aromatic nitrogens is 1. The van der Waals surface area contributed by atoms with Crippen molar-refractivity contribution in [2.75, 3.05) is 6.54 Å². The van der Waals surface area contributed by atoms with E-state index < -0.39 is 0 Å². The first-order valence-electron chi connectivity index (χ1n) is 6.33. The van der Waals surface area contributed by atoms with Crippen LogP contribution in [0, 0.1) is 0 Å². The van der Waals surface area contributed by atoms with Gasteiger partial charge in [-0.3, -0.25) is 4.98 Å². The van der Waals surface area contributed by atoms with Gasteiger partial charge in [0.25, 0.3) is 0 Å². The summed E-state index contributed by atoms with van der Waals surface area (Å²) in [5.74, 6) is 1.63. The Kier molecular flexibility index (Phi) is 7.71. The van der Waals surface area contributed by atoms with Gasteiger partial charge in [0.1, 0.15) is 5.76 Å². The third-order valence-corrected chi connectivity index (χ3v) is 2.48. The zero-order valence-electron chi connectivity index (χ0n) is 11.4. The smallest absolute Gasteiger partial charge is 0.192 e. The highest BCUT2D eigenvalue weighted by atomic mass is 127. The number of furan rings is 1. The molecule has 0 aromatic carbocycles. The lowest BCUT2D eigenvalue weighted by molar-refractivity contribution is 0.501. The summed E-state index contributed by atoms with van der Waals surface area (Å²) >= 11 is 0. The lowest BCUT2D eigenvalue weighted by Crippen LogP contribution is -2.36. The van der Waals surface area contributed by atoms with Crippen molar-refractivity contribution in [2.45, 2.75) is 20.0 Å². The molecule has 2 rings (SSSR count). The minimum absolute atomic E-state index is 0. The molecule has 108 valence electrons. The molecule has 0 fully saturated rings. The van der Waals surface area contributed by atoms with Crippen molar-refractivity contribution in [3.63, 3.8) is 0 Å². The second-order valence-electron chi connectivity index (χ2n) is 3.95. The van der Waals surface area contributed by atoms with Gasteiger partial charge in [-0.1, -0.05) is 6.07 Å². The average molecular weight is 386 g/mol. The van der Waals surface area contributed by atoms with Crippen LogP contribution < -0.4 is 10.6 Å². The van der Waals surface area contributed by atoms with Crippen LogP contribution in [-0.2, 0) is 13.1 Å². The van der Waals surface area contributed by atoms with Gasteiger partial charge in [0, 0.05) is 12.7 Å². The molecule has 0 saturated heterocycles. The number of rotatable bonds is 5. The maximum absolute atomic E-state index is 5.27. The van der Waals surface area contributed by atoms with E-state index in [9.17, 15) is 0 Å². The van der Waals surface area contributed by atoms with Crippen molar-refractivity contribution < 1.29 is 4.42 Å². The topological polar surface area (TPSA) is 62.5 Å². The molecular formula is C14H19IN4O. The summed E-state index contributed by atoms with van der Waals surface area (Å²) in [6.07, 6.45) is 3.43. The number of hydrogen-bond acceptors (Lipinski definition) is 3. The van der Waals surface area contributed by atoms with Crippen LogP contribution in [0.2, 0.25) is 0 Å².